The molecule has 0 aliphatic rings. The van der Waals surface area contributed by atoms with Gasteiger partial charge in [-0.05, 0) is 17.7 Å². The van der Waals surface area contributed by atoms with Crippen LogP contribution in [0.4, 0.5) is 0 Å². The van der Waals surface area contributed by atoms with Crippen LogP contribution in [-0.2, 0) is 11.4 Å². The lowest BCUT2D eigenvalue weighted by Crippen LogP contribution is -1.97. The van der Waals surface area contributed by atoms with Gasteiger partial charge in [-0.15, -0.1) is 0 Å². The third-order valence-electron chi connectivity index (χ3n) is 2.39. The first-order valence-electron chi connectivity index (χ1n) is 5.25. The van der Waals surface area contributed by atoms with Crippen LogP contribution >= 0.6 is 23.2 Å². The molecule has 0 fully saturated rings. The van der Waals surface area contributed by atoms with Gasteiger partial charge < -0.3 is 4.74 Å². The molecule has 2 nitrogen and oxygen atoms in total. The van der Waals surface area contributed by atoms with Gasteiger partial charge in [0, 0.05) is 0 Å². The van der Waals surface area contributed by atoms with E-state index in [-0.39, 0.29) is 15.6 Å². The van der Waals surface area contributed by atoms with Crippen LogP contribution in [0.2, 0.25) is 10.0 Å². The molecular weight excluding hydrogens is 271 g/mol. The molecule has 0 spiro atoms. The molecule has 0 amide bonds. The van der Waals surface area contributed by atoms with Gasteiger partial charge in [0.25, 0.3) is 0 Å². The van der Waals surface area contributed by atoms with Crippen molar-refractivity contribution in [2.75, 3.05) is 0 Å². The molecule has 2 aromatic rings. The van der Waals surface area contributed by atoms with E-state index in [9.17, 15) is 4.79 Å². The van der Waals surface area contributed by atoms with E-state index in [4.69, 9.17) is 27.9 Å². The fourth-order valence-corrected chi connectivity index (χ4v) is 1.98. The number of halogens is 2. The Morgan fingerprint density at radius 3 is 2.44 bits per heavy atom. The van der Waals surface area contributed by atoms with Crippen molar-refractivity contribution in [3.63, 3.8) is 0 Å². The average molecular weight is 280 g/mol. The highest BCUT2D eigenvalue weighted by atomic mass is 35.5. The van der Waals surface area contributed by atoms with Gasteiger partial charge in [0.2, 0.25) is 6.29 Å². The molecule has 0 aliphatic heterocycles. The van der Waals surface area contributed by atoms with Crippen LogP contribution in [-0.4, -0.2) is 6.29 Å². The molecular formula is C14H9Cl2O2. The van der Waals surface area contributed by atoms with E-state index < -0.39 is 0 Å². The molecule has 2 aromatic carbocycles. The van der Waals surface area contributed by atoms with Crippen molar-refractivity contribution in [3.05, 3.63) is 63.6 Å². The van der Waals surface area contributed by atoms with Gasteiger partial charge in [0.15, 0.2) is 0 Å². The number of hydrogen-bond donors (Lipinski definition) is 0. The van der Waals surface area contributed by atoms with Crippen LogP contribution in [0.5, 0.6) is 5.75 Å². The third kappa shape index (κ3) is 2.84. The largest absolute Gasteiger partial charge is 0.487 e. The van der Waals surface area contributed by atoms with E-state index in [0.29, 0.717) is 12.4 Å². The van der Waals surface area contributed by atoms with Gasteiger partial charge in [-0.2, -0.15) is 0 Å². The summed E-state index contributed by atoms with van der Waals surface area (Å²) in [5, 5.41) is 0.454. The second kappa shape index (κ2) is 5.89. The van der Waals surface area contributed by atoms with Crippen molar-refractivity contribution in [1.29, 1.82) is 0 Å². The molecule has 2 rings (SSSR count). The molecule has 0 saturated carbocycles. The quantitative estimate of drug-likeness (QED) is 0.845. The first kappa shape index (κ1) is 12.9. The minimum Gasteiger partial charge on any atom is -0.487 e. The lowest BCUT2D eigenvalue weighted by Gasteiger charge is -2.09. The summed E-state index contributed by atoms with van der Waals surface area (Å²) in [5.41, 5.74) is 1.14. The third-order valence-corrected chi connectivity index (χ3v) is 3.09. The molecule has 1 radical (unpaired) electrons. The maximum Gasteiger partial charge on any atom is 0.236 e. The van der Waals surface area contributed by atoms with E-state index >= 15 is 0 Å². The monoisotopic (exact) mass is 279 g/mol. The molecule has 0 aliphatic carbocycles. The Morgan fingerprint density at radius 1 is 1.06 bits per heavy atom. The van der Waals surface area contributed by atoms with Crippen LogP contribution in [0, 0.1) is 0 Å². The fraction of sp³-hybridized carbons (Fsp3) is 0.0714. The van der Waals surface area contributed by atoms with Crippen LogP contribution in [0.1, 0.15) is 11.1 Å². The molecule has 0 atom stereocenters. The van der Waals surface area contributed by atoms with E-state index in [0.717, 1.165) is 5.56 Å². The molecule has 0 unspecified atom stereocenters. The van der Waals surface area contributed by atoms with Crippen LogP contribution in [0.25, 0.3) is 0 Å². The van der Waals surface area contributed by atoms with Gasteiger partial charge in [-0.25, -0.2) is 0 Å². The summed E-state index contributed by atoms with van der Waals surface area (Å²) in [6.45, 7) is 0.375. The summed E-state index contributed by atoms with van der Waals surface area (Å²) in [5.74, 6) is 0.420. The van der Waals surface area contributed by atoms with Crippen molar-refractivity contribution in [2.24, 2.45) is 0 Å². The minimum atomic E-state index is 0.129. The van der Waals surface area contributed by atoms with E-state index in [2.05, 4.69) is 0 Å². The minimum absolute atomic E-state index is 0.129. The first-order chi connectivity index (χ1) is 8.72. The number of rotatable bonds is 4. The fourth-order valence-electron chi connectivity index (χ4n) is 1.47. The SMILES string of the molecule is O=[C]c1c(Cl)ccc(OCc2ccccc2)c1Cl. The predicted molar refractivity (Wildman–Crippen MR) is 72.0 cm³/mol. The van der Waals surface area contributed by atoms with Crippen molar-refractivity contribution in [2.45, 2.75) is 6.61 Å². The second-order valence-electron chi connectivity index (χ2n) is 3.61. The lowest BCUT2D eigenvalue weighted by molar-refractivity contribution is 0.306. The smallest absolute Gasteiger partial charge is 0.236 e. The van der Waals surface area contributed by atoms with Gasteiger partial charge in [0.1, 0.15) is 12.4 Å². The zero-order valence-electron chi connectivity index (χ0n) is 9.32. The molecule has 0 aromatic heterocycles. The number of ether oxygens (including phenoxy) is 1. The molecule has 18 heavy (non-hydrogen) atoms. The highest BCUT2D eigenvalue weighted by Crippen LogP contribution is 2.32. The standard InChI is InChI=1S/C14H9Cl2O2/c15-12-6-7-13(14(16)11(12)8-17)18-9-10-4-2-1-3-5-10/h1-7H,9H2. The summed E-state index contributed by atoms with van der Waals surface area (Å²) in [4.78, 5) is 10.7. The Hall–Kier alpha value is -1.51. The topological polar surface area (TPSA) is 26.3 Å². The Kier molecular flexibility index (Phi) is 4.24. The molecule has 0 heterocycles. The summed E-state index contributed by atoms with van der Waals surface area (Å²) in [7, 11) is 0. The van der Waals surface area contributed by atoms with Crippen molar-refractivity contribution < 1.29 is 9.53 Å². The van der Waals surface area contributed by atoms with Crippen LogP contribution in [0.15, 0.2) is 42.5 Å². The van der Waals surface area contributed by atoms with E-state index in [1.165, 1.54) is 0 Å². The van der Waals surface area contributed by atoms with Gasteiger partial charge in [-0.3, -0.25) is 4.79 Å². The predicted octanol–water partition coefficient (Wildman–Crippen LogP) is 4.03. The average Bonchev–Trinajstić information content (AvgIpc) is 2.40. The Balaban J connectivity index is 2.18. The lowest BCUT2D eigenvalue weighted by atomic mass is 10.2. The van der Waals surface area contributed by atoms with Gasteiger partial charge >= 0.3 is 0 Å². The number of carbonyl (C=O) groups excluding carboxylic acids is 1. The van der Waals surface area contributed by atoms with E-state index in [1.54, 1.807) is 18.4 Å². The summed E-state index contributed by atoms with van der Waals surface area (Å²) in [6.07, 6.45) is 1.71. The molecule has 0 bridgehead atoms. The summed E-state index contributed by atoms with van der Waals surface area (Å²) >= 11 is 11.8. The Labute approximate surface area is 115 Å². The first-order valence-corrected chi connectivity index (χ1v) is 6.01. The zero-order valence-corrected chi connectivity index (χ0v) is 10.8. The Bertz CT molecular complexity index is 553. The van der Waals surface area contributed by atoms with Crippen LogP contribution in [0.3, 0.4) is 0 Å². The molecule has 91 valence electrons. The summed E-state index contributed by atoms with van der Waals surface area (Å²) in [6, 6.07) is 12.9. The highest BCUT2D eigenvalue weighted by Gasteiger charge is 2.11. The van der Waals surface area contributed by atoms with Crippen molar-refractivity contribution in [1.82, 2.24) is 0 Å². The molecule has 4 heteroatoms. The zero-order chi connectivity index (χ0) is 13.0. The molecule has 0 saturated heterocycles. The normalized spacial score (nSPS) is 10.1. The Morgan fingerprint density at radius 2 is 1.78 bits per heavy atom. The maximum absolute atomic E-state index is 10.7. The van der Waals surface area contributed by atoms with Gasteiger partial charge in [0.05, 0.1) is 15.6 Å². The summed E-state index contributed by atoms with van der Waals surface area (Å²) < 4.78 is 5.55. The van der Waals surface area contributed by atoms with Crippen LogP contribution < -0.4 is 4.74 Å². The molecule has 0 N–H and O–H groups in total. The maximum atomic E-state index is 10.7. The highest BCUT2D eigenvalue weighted by molar-refractivity contribution is 6.39. The number of hydrogen-bond acceptors (Lipinski definition) is 2. The second-order valence-corrected chi connectivity index (χ2v) is 4.40. The van der Waals surface area contributed by atoms with E-state index in [1.807, 2.05) is 30.3 Å². The van der Waals surface area contributed by atoms with Gasteiger partial charge in [-0.1, -0.05) is 53.5 Å². The number of benzene rings is 2. The van der Waals surface area contributed by atoms with Crippen molar-refractivity contribution >= 4 is 29.5 Å². The van der Waals surface area contributed by atoms with Crippen molar-refractivity contribution in [3.8, 4) is 5.75 Å².